The summed E-state index contributed by atoms with van der Waals surface area (Å²) >= 11 is 0. The number of carbonyl (C=O) groups is 5. The van der Waals surface area contributed by atoms with E-state index in [1.54, 1.807) is 6.92 Å². The quantitative estimate of drug-likeness (QED) is 0.100. The monoisotopic (exact) mass is 558 g/mol. The van der Waals surface area contributed by atoms with E-state index >= 15 is 0 Å². The molecule has 2 amide bonds. The molecule has 2 rings (SSSR count). The van der Waals surface area contributed by atoms with Crippen molar-refractivity contribution >= 4 is 35.6 Å². The van der Waals surface area contributed by atoms with Crippen LogP contribution in [0.4, 0.5) is 13.2 Å². The maximum atomic E-state index is 12.3. The predicted molar refractivity (Wildman–Crippen MR) is 126 cm³/mol. The number of hydrogen-bond donors (Lipinski definition) is 6. The molecule has 2 atom stereocenters. The molecule has 1 unspecified atom stereocenters. The number of furan rings is 1. The number of carbonyl (C=O) groups excluding carboxylic acids is 3. The van der Waals surface area contributed by atoms with Gasteiger partial charge in [0.25, 0.3) is 0 Å². The minimum absolute atomic E-state index is 0.0758. The van der Waals surface area contributed by atoms with Crippen molar-refractivity contribution in [2.45, 2.75) is 38.4 Å². The lowest BCUT2D eigenvalue weighted by Gasteiger charge is -2.16. The van der Waals surface area contributed by atoms with Crippen molar-refractivity contribution in [1.82, 2.24) is 5.32 Å². The number of benzene rings is 1. The van der Waals surface area contributed by atoms with E-state index in [0.717, 1.165) is 0 Å². The largest absolute Gasteiger partial charge is 0.490 e. The molecule has 0 saturated carbocycles. The Morgan fingerprint density at radius 1 is 1.05 bits per heavy atom. The second kappa shape index (κ2) is 14.2. The second-order valence-corrected chi connectivity index (χ2v) is 7.91. The molecule has 0 radical (unpaired) electrons. The zero-order chi connectivity index (χ0) is 29.9. The fourth-order valence-electron chi connectivity index (χ4n) is 2.71. The highest BCUT2D eigenvalue weighted by molar-refractivity contribution is 5.95. The SMILES string of the molecule is CC(Cc1ccc(C(=O)Oc2ccc(C(=N)N)cc2)o1)C(=O)N[C@H](CCC(N)=O)C(=O)O.O=C(O)C(F)(F)F. The smallest absolute Gasteiger partial charge is 0.480 e. The van der Waals surface area contributed by atoms with Crippen molar-refractivity contribution in [2.75, 3.05) is 0 Å². The van der Waals surface area contributed by atoms with E-state index in [9.17, 15) is 37.5 Å². The molecule has 13 nitrogen and oxygen atoms in total. The number of carboxylic acid groups (broad SMARTS) is 2. The molecular formula is C23H25F3N4O9. The summed E-state index contributed by atoms with van der Waals surface area (Å²) < 4.78 is 42.4. The topological polar surface area (TPSA) is 236 Å². The third-order valence-electron chi connectivity index (χ3n) is 4.73. The Balaban J connectivity index is 0.000000956. The summed E-state index contributed by atoms with van der Waals surface area (Å²) in [5.74, 6) is -6.28. The molecule has 0 fully saturated rings. The summed E-state index contributed by atoms with van der Waals surface area (Å²) in [5, 5.41) is 26.0. The maximum Gasteiger partial charge on any atom is 0.490 e. The minimum atomic E-state index is -5.08. The van der Waals surface area contributed by atoms with Gasteiger partial charge in [-0.25, -0.2) is 14.4 Å². The Labute approximate surface area is 218 Å². The van der Waals surface area contributed by atoms with Crippen LogP contribution in [0.25, 0.3) is 0 Å². The third-order valence-corrected chi connectivity index (χ3v) is 4.73. The normalized spacial score (nSPS) is 12.2. The molecule has 0 bridgehead atoms. The van der Waals surface area contributed by atoms with Crippen LogP contribution in [0, 0.1) is 11.3 Å². The summed E-state index contributed by atoms with van der Waals surface area (Å²) in [5.41, 5.74) is 10.9. The van der Waals surface area contributed by atoms with Gasteiger partial charge in [0.05, 0.1) is 0 Å². The standard InChI is InChI=1S/C21H24N4O7.C2HF3O2/c1-11(19(27)25-15(20(28)29)7-9-17(22)26)10-14-6-8-16(31-14)21(30)32-13-4-2-12(3-5-13)18(23)24;3-2(4,5)1(6)7/h2-6,8,11,15H,7,9-10H2,1H3,(H2,22,26)(H3,23,24)(H,25,27)(H,28,29);(H,6,7)/t11?,15-;/m1./s1. The zero-order valence-corrected chi connectivity index (χ0v) is 20.3. The Kier molecular flexibility index (Phi) is 11.7. The van der Waals surface area contributed by atoms with Crippen LogP contribution in [0.2, 0.25) is 0 Å². The van der Waals surface area contributed by atoms with Gasteiger partial charge in [-0.3, -0.25) is 15.0 Å². The molecule has 212 valence electrons. The molecule has 16 heteroatoms. The van der Waals surface area contributed by atoms with Crippen molar-refractivity contribution in [3.05, 3.63) is 53.5 Å². The number of ether oxygens (including phenoxy) is 1. The molecule has 0 saturated heterocycles. The molecule has 1 aromatic heterocycles. The van der Waals surface area contributed by atoms with Crippen molar-refractivity contribution in [1.29, 1.82) is 5.41 Å². The van der Waals surface area contributed by atoms with Crippen molar-refractivity contribution < 1.29 is 56.5 Å². The highest BCUT2D eigenvalue weighted by atomic mass is 19.4. The maximum absolute atomic E-state index is 12.3. The average molecular weight is 558 g/mol. The van der Waals surface area contributed by atoms with Crippen LogP contribution >= 0.6 is 0 Å². The number of nitrogen functional groups attached to an aromatic ring is 1. The van der Waals surface area contributed by atoms with Crippen LogP contribution in [0.15, 0.2) is 40.8 Å². The van der Waals surface area contributed by atoms with Gasteiger partial charge in [0.1, 0.15) is 23.4 Å². The van der Waals surface area contributed by atoms with Crippen LogP contribution in [0.3, 0.4) is 0 Å². The van der Waals surface area contributed by atoms with Crippen molar-refractivity contribution in [2.24, 2.45) is 17.4 Å². The molecule has 0 aliphatic carbocycles. The number of nitrogens with one attached hydrogen (secondary N) is 2. The Bertz CT molecular complexity index is 1210. The molecule has 1 heterocycles. The number of halogens is 3. The van der Waals surface area contributed by atoms with Gasteiger partial charge >= 0.3 is 24.1 Å². The first-order chi connectivity index (χ1) is 18.0. The van der Waals surface area contributed by atoms with Crippen LogP contribution < -0.4 is 21.5 Å². The summed E-state index contributed by atoms with van der Waals surface area (Å²) in [6, 6.07) is 7.72. The van der Waals surface area contributed by atoms with E-state index in [4.69, 9.17) is 35.9 Å². The molecule has 0 aliphatic heterocycles. The molecule has 0 spiro atoms. The highest BCUT2D eigenvalue weighted by Gasteiger charge is 2.38. The number of nitrogens with two attached hydrogens (primary N) is 2. The number of rotatable bonds is 11. The van der Waals surface area contributed by atoms with Gasteiger partial charge in [-0.2, -0.15) is 13.2 Å². The van der Waals surface area contributed by atoms with Gasteiger partial charge in [-0.1, -0.05) is 6.92 Å². The highest BCUT2D eigenvalue weighted by Crippen LogP contribution is 2.18. The number of hydrogen-bond acceptors (Lipinski definition) is 8. The number of esters is 1. The average Bonchev–Trinajstić information content (AvgIpc) is 3.30. The van der Waals surface area contributed by atoms with Gasteiger partial charge in [-0.05, 0) is 42.8 Å². The summed E-state index contributed by atoms with van der Waals surface area (Å²) in [7, 11) is 0. The van der Waals surface area contributed by atoms with Crippen molar-refractivity contribution in [3.63, 3.8) is 0 Å². The molecule has 39 heavy (non-hydrogen) atoms. The molecule has 2 aromatic rings. The minimum Gasteiger partial charge on any atom is -0.480 e. The van der Waals surface area contributed by atoms with E-state index in [2.05, 4.69) is 5.32 Å². The van der Waals surface area contributed by atoms with Crippen LogP contribution in [-0.2, 0) is 25.6 Å². The predicted octanol–water partition coefficient (Wildman–Crippen LogP) is 1.43. The second-order valence-electron chi connectivity index (χ2n) is 7.91. The molecule has 1 aromatic carbocycles. The third kappa shape index (κ3) is 11.4. The fourth-order valence-corrected chi connectivity index (χ4v) is 2.71. The first kappa shape index (κ1) is 32.1. The first-order valence-electron chi connectivity index (χ1n) is 10.9. The lowest BCUT2D eigenvalue weighted by Crippen LogP contribution is -2.44. The Hall–Kier alpha value is -4.89. The summed E-state index contributed by atoms with van der Waals surface area (Å²) in [6.45, 7) is 1.57. The van der Waals surface area contributed by atoms with E-state index in [1.165, 1.54) is 36.4 Å². The van der Waals surface area contributed by atoms with Gasteiger partial charge < -0.3 is 36.2 Å². The molecule has 0 aliphatic rings. The van der Waals surface area contributed by atoms with Gasteiger partial charge in [0, 0.05) is 24.3 Å². The zero-order valence-electron chi connectivity index (χ0n) is 20.3. The van der Waals surface area contributed by atoms with Crippen LogP contribution in [0.5, 0.6) is 5.75 Å². The van der Waals surface area contributed by atoms with E-state index in [0.29, 0.717) is 11.3 Å². The number of aliphatic carboxylic acids is 2. The Morgan fingerprint density at radius 2 is 1.62 bits per heavy atom. The number of primary amides is 1. The molecular weight excluding hydrogens is 533 g/mol. The van der Waals surface area contributed by atoms with E-state index in [-0.39, 0.29) is 36.6 Å². The van der Waals surface area contributed by atoms with Crippen LogP contribution in [0.1, 0.15) is 41.6 Å². The number of amides is 2. The fraction of sp³-hybridized carbons (Fsp3) is 0.304. The molecule has 8 N–H and O–H groups in total. The van der Waals surface area contributed by atoms with E-state index < -0.39 is 47.9 Å². The number of alkyl halides is 3. The Morgan fingerprint density at radius 3 is 2.08 bits per heavy atom. The lowest BCUT2D eigenvalue weighted by molar-refractivity contribution is -0.192. The van der Waals surface area contributed by atoms with Gasteiger partial charge in [0.15, 0.2) is 0 Å². The van der Waals surface area contributed by atoms with Gasteiger partial charge in [-0.15, -0.1) is 0 Å². The lowest BCUT2D eigenvalue weighted by atomic mass is 10.0. The van der Waals surface area contributed by atoms with Gasteiger partial charge in [0.2, 0.25) is 17.6 Å². The first-order valence-corrected chi connectivity index (χ1v) is 10.9. The van der Waals surface area contributed by atoms with Crippen molar-refractivity contribution in [3.8, 4) is 5.75 Å². The summed E-state index contributed by atoms with van der Waals surface area (Å²) in [6.07, 6.45) is -5.27. The van der Waals surface area contributed by atoms with E-state index in [1.807, 2.05) is 0 Å². The summed E-state index contributed by atoms with van der Waals surface area (Å²) in [4.78, 5) is 55.6. The number of carboxylic acids is 2. The van der Waals surface area contributed by atoms with Crippen LogP contribution in [-0.4, -0.2) is 58.0 Å². The number of amidine groups is 1.